The van der Waals surface area contributed by atoms with Crippen LogP contribution >= 0.6 is 0 Å². The Morgan fingerprint density at radius 3 is 1.71 bits per heavy atom. The second kappa shape index (κ2) is 11.2. The molecule has 52 heavy (non-hydrogen) atoms. The van der Waals surface area contributed by atoms with E-state index in [-0.39, 0.29) is 0 Å². The summed E-state index contributed by atoms with van der Waals surface area (Å²) < 4.78 is 12.7. The minimum atomic E-state index is 0.573. The quantitative estimate of drug-likeness (QED) is 0.174. The van der Waals surface area contributed by atoms with Gasteiger partial charge in [0.05, 0.1) is 0 Å². The van der Waals surface area contributed by atoms with Gasteiger partial charge in [0.15, 0.2) is 34.2 Å². The van der Waals surface area contributed by atoms with Crippen LogP contribution < -0.4 is 0 Å². The molecule has 0 fully saturated rings. The Bertz CT molecular complexity index is 3180. The van der Waals surface area contributed by atoms with E-state index in [1.165, 1.54) is 5.39 Å². The highest BCUT2D eigenvalue weighted by Gasteiger charge is 2.19. The monoisotopic (exact) mass is 666 g/mol. The molecule has 8 aromatic carbocycles. The Hall–Kier alpha value is -7.18. The van der Waals surface area contributed by atoms with Crippen LogP contribution in [0.25, 0.3) is 111 Å². The summed E-state index contributed by atoms with van der Waals surface area (Å²) in [5.74, 6) is 2.46. The van der Waals surface area contributed by atoms with Crippen LogP contribution in [0.5, 0.6) is 0 Å². The van der Waals surface area contributed by atoms with Crippen molar-refractivity contribution in [2.24, 2.45) is 0 Å². The average molecular weight is 667 g/mol. The molecule has 0 atom stereocenters. The van der Waals surface area contributed by atoms with E-state index in [0.717, 1.165) is 76.6 Å². The topological polar surface area (TPSA) is 77.8 Å². The Kier molecular flexibility index (Phi) is 6.15. The normalized spacial score (nSPS) is 11.8. The largest absolute Gasteiger partial charge is 0.454 e. The number of rotatable bonds is 4. The number of fused-ring (bicyclic) bond motifs is 10. The summed E-state index contributed by atoms with van der Waals surface area (Å²) in [6.07, 6.45) is 0. The summed E-state index contributed by atoms with van der Waals surface area (Å²) in [6, 6.07) is 53.7. The number of hydrogen-bond acceptors (Lipinski definition) is 6. The third-order valence-electron chi connectivity index (χ3n) is 9.91. The van der Waals surface area contributed by atoms with Gasteiger partial charge in [0.25, 0.3) is 0 Å². The molecule has 6 heteroatoms. The number of hydrogen-bond donors (Lipinski definition) is 0. The Morgan fingerprint density at radius 1 is 0.346 bits per heavy atom. The van der Waals surface area contributed by atoms with Crippen LogP contribution in [0.15, 0.2) is 167 Å². The lowest BCUT2D eigenvalue weighted by molar-refractivity contribution is 0.620. The molecule has 0 N–H and O–H groups in total. The number of nitrogens with zero attached hydrogens (tertiary/aromatic N) is 4. The van der Waals surface area contributed by atoms with Crippen molar-refractivity contribution in [2.45, 2.75) is 0 Å². The summed E-state index contributed by atoms with van der Waals surface area (Å²) >= 11 is 0. The molecule has 0 unspecified atom stereocenters. The van der Waals surface area contributed by atoms with Gasteiger partial charge in [0.2, 0.25) is 5.89 Å². The first-order chi connectivity index (χ1) is 25.7. The van der Waals surface area contributed by atoms with Crippen molar-refractivity contribution >= 4 is 65.4 Å². The van der Waals surface area contributed by atoms with Gasteiger partial charge in [0.1, 0.15) is 5.58 Å². The van der Waals surface area contributed by atoms with E-state index in [1.807, 2.05) is 72.8 Å². The van der Waals surface area contributed by atoms with Crippen molar-refractivity contribution in [3.8, 4) is 45.6 Å². The molecule has 6 nitrogen and oxygen atoms in total. The van der Waals surface area contributed by atoms with Crippen LogP contribution in [-0.2, 0) is 0 Å². The predicted octanol–water partition coefficient (Wildman–Crippen LogP) is 12.0. The van der Waals surface area contributed by atoms with Gasteiger partial charge < -0.3 is 8.83 Å². The fraction of sp³-hybridized carbons (Fsp3) is 0. The van der Waals surface area contributed by atoms with Crippen LogP contribution in [0.1, 0.15) is 0 Å². The molecule has 0 spiro atoms. The zero-order valence-electron chi connectivity index (χ0n) is 27.6. The van der Waals surface area contributed by atoms with E-state index < -0.39 is 0 Å². The molecule has 0 saturated carbocycles. The number of aromatic nitrogens is 4. The summed E-state index contributed by atoms with van der Waals surface area (Å²) in [5.41, 5.74) is 6.65. The van der Waals surface area contributed by atoms with Crippen molar-refractivity contribution in [3.05, 3.63) is 158 Å². The first-order valence-corrected chi connectivity index (χ1v) is 17.2. The summed E-state index contributed by atoms with van der Waals surface area (Å²) in [4.78, 5) is 19.9. The highest BCUT2D eigenvalue weighted by atomic mass is 16.4. The number of benzene rings is 8. The smallest absolute Gasteiger partial charge is 0.227 e. The van der Waals surface area contributed by atoms with Gasteiger partial charge >= 0.3 is 0 Å². The maximum Gasteiger partial charge on any atom is 0.227 e. The van der Waals surface area contributed by atoms with Crippen LogP contribution in [0.2, 0.25) is 0 Å². The molecule has 0 aliphatic carbocycles. The number of furan rings is 1. The van der Waals surface area contributed by atoms with Crippen LogP contribution in [0.4, 0.5) is 0 Å². The zero-order chi connectivity index (χ0) is 34.2. The summed E-state index contributed by atoms with van der Waals surface area (Å²) in [6.45, 7) is 0. The highest BCUT2D eigenvalue weighted by molar-refractivity contribution is 6.28. The molecule has 0 bridgehead atoms. The van der Waals surface area contributed by atoms with E-state index >= 15 is 0 Å². The number of oxazole rings is 1. The fourth-order valence-electron chi connectivity index (χ4n) is 7.39. The highest BCUT2D eigenvalue weighted by Crippen LogP contribution is 2.42. The zero-order valence-corrected chi connectivity index (χ0v) is 27.6. The standard InChI is InChI=1S/C46H26N4O2/c1-3-10-29(11-4-1)43-48-44(33-18-15-27-9-7-8-14-31(27)25-33)50-45(49-43)34-19-21-35-32(26-34)17-16-28-20-23-37-40(39(28)35)36-22-24-38-41(42(36)51-37)47-46(52-38)30-12-5-2-6-13-30/h1-26H. The molecule has 0 aliphatic heterocycles. The van der Waals surface area contributed by atoms with Crippen molar-refractivity contribution in [1.82, 2.24) is 19.9 Å². The van der Waals surface area contributed by atoms with E-state index in [9.17, 15) is 0 Å². The third-order valence-corrected chi connectivity index (χ3v) is 9.91. The molecule has 3 heterocycles. The molecule has 11 aromatic rings. The molecular formula is C46H26N4O2. The van der Waals surface area contributed by atoms with Gasteiger partial charge in [-0.2, -0.15) is 0 Å². The van der Waals surface area contributed by atoms with Gasteiger partial charge in [-0.05, 0) is 69.4 Å². The molecule has 0 amide bonds. The molecule has 3 aromatic heterocycles. The second-order valence-electron chi connectivity index (χ2n) is 13.0. The van der Waals surface area contributed by atoms with E-state index in [4.69, 9.17) is 28.8 Å². The molecule has 242 valence electrons. The van der Waals surface area contributed by atoms with Crippen LogP contribution in [-0.4, -0.2) is 19.9 Å². The van der Waals surface area contributed by atoms with Gasteiger partial charge in [-0.3, -0.25) is 0 Å². The fourth-order valence-corrected chi connectivity index (χ4v) is 7.39. The summed E-state index contributed by atoms with van der Waals surface area (Å²) in [7, 11) is 0. The van der Waals surface area contributed by atoms with Crippen molar-refractivity contribution in [2.75, 3.05) is 0 Å². The minimum absolute atomic E-state index is 0.573. The van der Waals surface area contributed by atoms with Crippen molar-refractivity contribution in [1.29, 1.82) is 0 Å². The Morgan fingerprint density at radius 2 is 0.923 bits per heavy atom. The van der Waals surface area contributed by atoms with Crippen molar-refractivity contribution in [3.63, 3.8) is 0 Å². The lowest BCUT2D eigenvalue weighted by Gasteiger charge is -2.11. The van der Waals surface area contributed by atoms with Crippen LogP contribution in [0, 0.1) is 0 Å². The first kappa shape index (κ1) is 28.6. The van der Waals surface area contributed by atoms with Gasteiger partial charge in [-0.1, -0.05) is 115 Å². The van der Waals surface area contributed by atoms with Gasteiger partial charge in [0, 0.05) is 38.4 Å². The van der Waals surface area contributed by atoms with E-state index in [1.54, 1.807) is 0 Å². The average Bonchev–Trinajstić information content (AvgIpc) is 3.83. The maximum atomic E-state index is 6.55. The van der Waals surface area contributed by atoms with Gasteiger partial charge in [-0.15, -0.1) is 0 Å². The van der Waals surface area contributed by atoms with Gasteiger partial charge in [-0.25, -0.2) is 19.9 Å². The Labute approximate surface area is 296 Å². The molecule has 11 rings (SSSR count). The Balaban J connectivity index is 1.09. The maximum absolute atomic E-state index is 6.55. The lowest BCUT2D eigenvalue weighted by atomic mass is 9.96. The lowest BCUT2D eigenvalue weighted by Crippen LogP contribution is -2.00. The molecule has 0 saturated heterocycles. The predicted molar refractivity (Wildman–Crippen MR) is 209 cm³/mol. The van der Waals surface area contributed by atoms with E-state index in [0.29, 0.717) is 28.9 Å². The first-order valence-electron chi connectivity index (χ1n) is 17.2. The van der Waals surface area contributed by atoms with Crippen molar-refractivity contribution < 1.29 is 8.83 Å². The minimum Gasteiger partial charge on any atom is -0.454 e. The second-order valence-corrected chi connectivity index (χ2v) is 13.0. The molecule has 0 aliphatic rings. The SMILES string of the molecule is c1ccc(-c2nc(-c3ccc4ccccc4c3)nc(-c3ccc4c(ccc5ccc6oc7c(ccc8oc(-c9ccccc9)nc87)c6c54)c3)n2)cc1. The summed E-state index contributed by atoms with van der Waals surface area (Å²) in [5, 5.41) is 8.83. The molecule has 0 radical (unpaired) electrons. The van der Waals surface area contributed by atoms with Crippen LogP contribution in [0.3, 0.4) is 0 Å². The van der Waals surface area contributed by atoms with E-state index in [2.05, 4.69) is 84.9 Å². The third kappa shape index (κ3) is 4.51. The molecular weight excluding hydrogens is 641 g/mol.